The lowest BCUT2D eigenvalue weighted by molar-refractivity contribution is -0.145. The van der Waals surface area contributed by atoms with Crippen LogP contribution in [0.2, 0.25) is 0 Å². The van der Waals surface area contributed by atoms with Gasteiger partial charge in [0, 0.05) is 0 Å². The summed E-state index contributed by atoms with van der Waals surface area (Å²) in [4.78, 5) is 10.9. The molecule has 16 heavy (non-hydrogen) atoms. The Bertz CT molecular complexity index is 465. The van der Waals surface area contributed by atoms with Crippen molar-refractivity contribution < 1.29 is 23.1 Å². The Morgan fingerprint density at radius 1 is 1.44 bits per heavy atom. The van der Waals surface area contributed by atoms with Crippen LogP contribution >= 0.6 is 0 Å². The Kier molecular flexibility index (Phi) is 2.05. The van der Waals surface area contributed by atoms with Crippen molar-refractivity contribution >= 4 is 5.97 Å². The van der Waals surface area contributed by atoms with Gasteiger partial charge in [-0.05, 0) is 36.6 Å². The van der Waals surface area contributed by atoms with Crippen molar-refractivity contribution in [2.24, 2.45) is 0 Å². The molecule has 1 unspecified atom stereocenters. The number of halogens is 3. The molecule has 0 heterocycles. The summed E-state index contributed by atoms with van der Waals surface area (Å²) >= 11 is 0. The highest BCUT2D eigenvalue weighted by Crippen LogP contribution is 2.43. The summed E-state index contributed by atoms with van der Waals surface area (Å²) in [5.74, 6) is -1.08. The van der Waals surface area contributed by atoms with Crippen LogP contribution in [0.1, 0.15) is 23.6 Å². The van der Waals surface area contributed by atoms with Gasteiger partial charge in [-0.25, -0.2) is 0 Å². The zero-order valence-electron chi connectivity index (χ0n) is 8.43. The number of carboxylic acid groups (broad SMARTS) is 1. The second kappa shape index (κ2) is 2.99. The van der Waals surface area contributed by atoms with Gasteiger partial charge in [-0.15, -0.1) is 0 Å². The molecule has 0 saturated carbocycles. The van der Waals surface area contributed by atoms with E-state index in [1.54, 1.807) is 0 Å². The normalized spacial score (nSPS) is 23.5. The van der Waals surface area contributed by atoms with Gasteiger partial charge in [0.15, 0.2) is 0 Å². The number of carboxylic acids is 1. The van der Waals surface area contributed by atoms with Crippen molar-refractivity contribution in [2.75, 3.05) is 0 Å². The first-order chi connectivity index (χ1) is 7.25. The Balaban J connectivity index is 2.48. The third-order valence-electron chi connectivity index (χ3n) is 3.05. The van der Waals surface area contributed by atoms with Crippen LogP contribution in [0.25, 0.3) is 0 Å². The summed E-state index contributed by atoms with van der Waals surface area (Å²) < 4.78 is 37.3. The molecule has 5 heteroatoms. The van der Waals surface area contributed by atoms with Gasteiger partial charge >= 0.3 is 12.1 Å². The van der Waals surface area contributed by atoms with Gasteiger partial charge in [0.2, 0.25) is 0 Å². The van der Waals surface area contributed by atoms with Gasteiger partial charge < -0.3 is 5.11 Å². The number of alkyl halides is 3. The maximum absolute atomic E-state index is 12.4. The fraction of sp³-hybridized carbons (Fsp3) is 0.364. The fourth-order valence-electron chi connectivity index (χ4n) is 1.98. The molecule has 0 aliphatic heterocycles. The quantitative estimate of drug-likeness (QED) is 0.805. The monoisotopic (exact) mass is 230 g/mol. The van der Waals surface area contributed by atoms with E-state index in [1.807, 2.05) is 0 Å². The first-order valence-corrected chi connectivity index (χ1v) is 4.69. The molecule has 86 valence electrons. The molecule has 2 rings (SSSR count). The third kappa shape index (κ3) is 1.38. The van der Waals surface area contributed by atoms with Crippen molar-refractivity contribution in [3.05, 3.63) is 34.9 Å². The lowest BCUT2D eigenvalue weighted by Gasteiger charge is -2.37. The fourth-order valence-corrected chi connectivity index (χ4v) is 1.98. The van der Waals surface area contributed by atoms with Crippen molar-refractivity contribution in [3.63, 3.8) is 0 Å². The van der Waals surface area contributed by atoms with Crippen LogP contribution in [-0.2, 0) is 22.8 Å². The number of carbonyl (C=O) groups is 1. The number of rotatable bonds is 1. The van der Waals surface area contributed by atoms with E-state index in [1.165, 1.54) is 13.0 Å². The van der Waals surface area contributed by atoms with Crippen molar-refractivity contribution in [3.8, 4) is 0 Å². The summed E-state index contributed by atoms with van der Waals surface area (Å²) in [6, 6.07) is 3.27. The van der Waals surface area contributed by atoms with E-state index in [9.17, 15) is 18.0 Å². The van der Waals surface area contributed by atoms with E-state index in [4.69, 9.17) is 5.11 Å². The van der Waals surface area contributed by atoms with Crippen LogP contribution in [0.5, 0.6) is 0 Å². The van der Waals surface area contributed by atoms with Gasteiger partial charge in [-0.3, -0.25) is 4.79 Å². The molecule has 1 aromatic carbocycles. The van der Waals surface area contributed by atoms with Crippen LogP contribution in [0.4, 0.5) is 13.2 Å². The number of fused-ring (bicyclic) bond motifs is 1. The zero-order chi connectivity index (χ0) is 12.1. The molecule has 0 aromatic heterocycles. The number of benzene rings is 1. The standard InChI is InChI=1S/C11H9F3O2/c1-10(9(15)16)5-6-2-3-7(4-8(6)10)11(12,13)14/h2-4H,5H2,1H3,(H,15,16). The molecule has 0 amide bonds. The van der Waals surface area contributed by atoms with Gasteiger partial charge in [0.1, 0.15) is 0 Å². The predicted molar refractivity (Wildman–Crippen MR) is 50.1 cm³/mol. The van der Waals surface area contributed by atoms with Gasteiger partial charge in [-0.2, -0.15) is 13.2 Å². The largest absolute Gasteiger partial charge is 0.481 e. The van der Waals surface area contributed by atoms with Gasteiger partial charge in [0.25, 0.3) is 0 Å². The van der Waals surface area contributed by atoms with Crippen LogP contribution in [0, 0.1) is 0 Å². The molecule has 1 aliphatic rings. The van der Waals surface area contributed by atoms with Gasteiger partial charge in [-0.1, -0.05) is 6.07 Å². The van der Waals surface area contributed by atoms with Crippen LogP contribution in [0.3, 0.4) is 0 Å². The minimum atomic E-state index is -4.43. The smallest absolute Gasteiger partial charge is 0.416 e. The van der Waals surface area contributed by atoms with Crippen LogP contribution in [0.15, 0.2) is 18.2 Å². The van der Waals surface area contributed by atoms with Gasteiger partial charge in [0.05, 0.1) is 11.0 Å². The topological polar surface area (TPSA) is 37.3 Å². The Morgan fingerprint density at radius 2 is 2.06 bits per heavy atom. The summed E-state index contributed by atoms with van der Waals surface area (Å²) in [6.07, 6.45) is -4.14. The first-order valence-electron chi connectivity index (χ1n) is 4.69. The average molecular weight is 230 g/mol. The molecule has 0 bridgehead atoms. The van der Waals surface area contributed by atoms with E-state index >= 15 is 0 Å². The molecule has 0 radical (unpaired) electrons. The lowest BCUT2D eigenvalue weighted by atomic mass is 9.65. The minimum Gasteiger partial charge on any atom is -0.481 e. The van der Waals surface area contributed by atoms with E-state index in [0.29, 0.717) is 5.56 Å². The molecule has 1 aliphatic carbocycles. The molecule has 0 saturated heterocycles. The van der Waals surface area contributed by atoms with Crippen LogP contribution < -0.4 is 0 Å². The van der Waals surface area contributed by atoms with E-state index in [0.717, 1.165) is 12.1 Å². The molecule has 0 spiro atoms. The predicted octanol–water partition coefficient (Wildman–Crippen LogP) is 2.60. The van der Waals surface area contributed by atoms with Crippen LogP contribution in [-0.4, -0.2) is 11.1 Å². The number of hydrogen-bond acceptors (Lipinski definition) is 1. The highest BCUT2D eigenvalue weighted by atomic mass is 19.4. The van der Waals surface area contributed by atoms with Crippen molar-refractivity contribution in [1.29, 1.82) is 0 Å². The highest BCUT2D eigenvalue weighted by molar-refractivity contribution is 5.85. The maximum Gasteiger partial charge on any atom is 0.416 e. The molecule has 1 atom stereocenters. The summed E-state index contributed by atoms with van der Waals surface area (Å²) in [6.45, 7) is 1.44. The summed E-state index contributed by atoms with van der Waals surface area (Å²) in [5.41, 5.74) is -1.01. The summed E-state index contributed by atoms with van der Waals surface area (Å²) in [5, 5.41) is 8.95. The lowest BCUT2D eigenvalue weighted by Crippen LogP contribution is -2.43. The molecule has 1 aromatic rings. The van der Waals surface area contributed by atoms with Crippen molar-refractivity contribution in [2.45, 2.75) is 24.9 Å². The maximum atomic E-state index is 12.4. The molecular weight excluding hydrogens is 221 g/mol. The van der Waals surface area contributed by atoms with Crippen molar-refractivity contribution in [1.82, 2.24) is 0 Å². The Hall–Kier alpha value is -1.52. The highest BCUT2D eigenvalue weighted by Gasteiger charge is 2.46. The average Bonchev–Trinajstić information content (AvgIpc) is 2.13. The number of aliphatic carboxylic acids is 1. The third-order valence-corrected chi connectivity index (χ3v) is 3.05. The van der Waals surface area contributed by atoms with E-state index in [-0.39, 0.29) is 12.0 Å². The second-order valence-electron chi connectivity index (χ2n) is 4.18. The molecule has 2 nitrogen and oxygen atoms in total. The first kappa shape index (κ1) is 11.0. The molecular formula is C11H9F3O2. The summed E-state index contributed by atoms with van der Waals surface area (Å²) in [7, 11) is 0. The number of hydrogen-bond donors (Lipinski definition) is 1. The second-order valence-corrected chi connectivity index (χ2v) is 4.18. The Morgan fingerprint density at radius 3 is 2.56 bits per heavy atom. The molecule has 0 fully saturated rings. The zero-order valence-corrected chi connectivity index (χ0v) is 8.43. The molecule has 1 N–H and O–H groups in total. The Labute approximate surface area is 89.7 Å². The SMILES string of the molecule is CC1(C(=O)O)Cc2ccc(C(F)(F)F)cc21. The minimum absolute atomic E-state index is 0.273. The van der Waals surface area contributed by atoms with E-state index < -0.39 is 23.1 Å². The van der Waals surface area contributed by atoms with E-state index in [2.05, 4.69) is 0 Å².